The second-order valence-corrected chi connectivity index (χ2v) is 13.8. The van der Waals surface area contributed by atoms with E-state index in [9.17, 15) is 24.0 Å². The summed E-state index contributed by atoms with van der Waals surface area (Å²) >= 11 is 0. The van der Waals surface area contributed by atoms with Crippen molar-refractivity contribution in [2.75, 3.05) is 13.2 Å². The van der Waals surface area contributed by atoms with Crippen LogP contribution in [-0.2, 0) is 46.5 Å². The first-order chi connectivity index (χ1) is 25.3. The van der Waals surface area contributed by atoms with Crippen LogP contribution in [0.4, 0.5) is 0 Å². The minimum Gasteiger partial charge on any atom is -0.465 e. The molecule has 1 aromatic heterocycles. The van der Waals surface area contributed by atoms with Crippen molar-refractivity contribution in [2.45, 2.75) is 89.9 Å². The highest BCUT2D eigenvalue weighted by molar-refractivity contribution is 6.20. The van der Waals surface area contributed by atoms with Crippen LogP contribution in [0, 0.1) is 11.3 Å². The van der Waals surface area contributed by atoms with Gasteiger partial charge in [0.2, 0.25) is 17.7 Å². The molecule has 2 aliphatic heterocycles. The lowest BCUT2D eigenvalue weighted by molar-refractivity contribution is -0.159. The fourth-order valence-corrected chi connectivity index (χ4v) is 7.70. The Morgan fingerprint density at radius 3 is 2.58 bits per heavy atom. The molecule has 0 spiro atoms. The van der Waals surface area contributed by atoms with Crippen LogP contribution in [0.5, 0.6) is 0 Å². The average molecular weight is 709 g/mol. The van der Waals surface area contributed by atoms with Crippen LogP contribution >= 0.6 is 0 Å². The smallest absolute Gasteiger partial charge is 0.327 e. The Morgan fingerprint density at radius 2 is 1.79 bits per heavy atom. The molecule has 11 nitrogen and oxygen atoms in total. The van der Waals surface area contributed by atoms with Crippen LogP contribution < -0.4 is 10.6 Å². The Hall–Kier alpha value is -5.03. The summed E-state index contributed by atoms with van der Waals surface area (Å²) in [4.78, 5) is 73.3. The van der Waals surface area contributed by atoms with Crippen molar-refractivity contribution in [3.63, 3.8) is 0 Å². The Labute approximate surface area is 304 Å². The molecule has 6 rings (SSSR count). The summed E-state index contributed by atoms with van der Waals surface area (Å²) < 4.78 is 11.2. The maximum Gasteiger partial charge on any atom is 0.327 e. The number of likely N-dealkylation sites (tertiary alicyclic amines) is 1. The van der Waals surface area contributed by atoms with E-state index in [1.807, 2.05) is 65.7 Å². The van der Waals surface area contributed by atoms with E-state index in [4.69, 9.17) is 9.47 Å². The Morgan fingerprint density at radius 1 is 1.00 bits per heavy atom. The number of hydrogen-bond donors (Lipinski definition) is 3. The number of H-pyrrole nitrogens is 1. The number of aromatic amines is 1. The number of nitrogens with one attached hydrogen (secondary N) is 3. The molecular weight excluding hydrogens is 660 g/mol. The van der Waals surface area contributed by atoms with Gasteiger partial charge >= 0.3 is 11.9 Å². The van der Waals surface area contributed by atoms with Crippen LogP contribution in [0.25, 0.3) is 10.9 Å². The molecule has 2 aromatic carbocycles. The highest BCUT2D eigenvalue weighted by Gasteiger charge is 2.61. The molecule has 0 bridgehead atoms. The third-order valence-electron chi connectivity index (χ3n) is 10.5. The summed E-state index contributed by atoms with van der Waals surface area (Å²) in [5, 5.41) is 6.84. The summed E-state index contributed by atoms with van der Waals surface area (Å²) in [6.07, 6.45) is 12.2. The Kier molecular flexibility index (Phi) is 11.7. The van der Waals surface area contributed by atoms with E-state index in [0.29, 0.717) is 37.8 Å². The average Bonchev–Trinajstić information content (AvgIpc) is 3.62. The number of aromatic nitrogens is 1. The van der Waals surface area contributed by atoms with E-state index in [0.717, 1.165) is 47.7 Å². The van der Waals surface area contributed by atoms with Gasteiger partial charge in [-0.3, -0.25) is 34.6 Å². The largest absolute Gasteiger partial charge is 0.465 e. The van der Waals surface area contributed by atoms with Crippen molar-refractivity contribution < 1.29 is 33.4 Å². The van der Waals surface area contributed by atoms with Gasteiger partial charge in [0.25, 0.3) is 0 Å². The first kappa shape index (κ1) is 36.8. The molecule has 0 radical (unpaired) electrons. The lowest BCUT2D eigenvalue weighted by Gasteiger charge is -2.37. The number of carbonyl (C=O) groups excluding carboxylic acids is 5. The Balaban J connectivity index is 1.26. The molecule has 3 amide bonds. The van der Waals surface area contributed by atoms with Gasteiger partial charge in [-0.2, -0.15) is 0 Å². The number of fused-ring (bicyclic) bond motifs is 2. The van der Waals surface area contributed by atoms with E-state index < -0.39 is 53.2 Å². The maximum absolute atomic E-state index is 14.6. The maximum atomic E-state index is 14.6. The van der Waals surface area contributed by atoms with Crippen LogP contribution in [0.15, 0.2) is 84.6 Å². The highest BCUT2D eigenvalue weighted by atomic mass is 16.5. The van der Waals surface area contributed by atoms with Gasteiger partial charge in [0.1, 0.15) is 12.6 Å². The number of amides is 3. The van der Waals surface area contributed by atoms with Crippen molar-refractivity contribution in [2.24, 2.45) is 11.3 Å². The number of aryl methyl sites for hydroxylation is 1. The number of para-hydroxylation sites is 1. The number of hydrogen-bond acceptors (Lipinski definition) is 8. The predicted molar refractivity (Wildman–Crippen MR) is 195 cm³/mol. The van der Waals surface area contributed by atoms with Crippen molar-refractivity contribution in [3.05, 3.63) is 95.7 Å². The van der Waals surface area contributed by atoms with Crippen LogP contribution in [0.2, 0.25) is 0 Å². The highest BCUT2D eigenvalue weighted by Crippen LogP contribution is 2.43. The second kappa shape index (κ2) is 16.5. The number of nitrogens with zero attached hydrogens (tertiary/aromatic N) is 1. The molecule has 3 aliphatic rings. The van der Waals surface area contributed by atoms with E-state index >= 15 is 0 Å². The van der Waals surface area contributed by atoms with E-state index in [2.05, 4.69) is 22.5 Å². The van der Waals surface area contributed by atoms with Crippen molar-refractivity contribution >= 4 is 40.6 Å². The van der Waals surface area contributed by atoms with Crippen molar-refractivity contribution in [3.8, 4) is 0 Å². The van der Waals surface area contributed by atoms with Crippen molar-refractivity contribution in [1.82, 2.24) is 20.5 Å². The number of ether oxygens (including phenoxy) is 2. The zero-order valence-electron chi connectivity index (χ0n) is 29.9. The van der Waals surface area contributed by atoms with Crippen LogP contribution in [-0.4, -0.2) is 70.8 Å². The molecule has 1 aliphatic carbocycles. The van der Waals surface area contributed by atoms with E-state index in [1.165, 1.54) is 0 Å². The zero-order valence-corrected chi connectivity index (χ0v) is 29.9. The molecule has 274 valence electrons. The van der Waals surface area contributed by atoms with Crippen LogP contribution in [0.3, 0.4) is 0 Å². The van der Waals surface area contributed by atoms with Gasteiger partial charge in [0, 0.05) is 23.6 Å². The number of rotatable bonds is 15. The molecule has 3 aromatic rings. The molecule has 5 unspecified atom stereocenters. The molecule has 11 heteroatoms. The normalized spacial score (nSPS) is 22.7. The zero-order chi connectivity index (χ0) is 36.7. The standard InChI is InChI=1S/C41H48N4O7/c1-3-5-18-35(28-19-21-31-36(46)44-39(49)41(31,24-28)40(50)52-26-27-13-7-6-8-14-27)45-23-12-11-17-33(37(45)47)43-34(38(48)51-4-2)22-20-29-25-42-32-16-10-9-15-30(29)32/h6-10,13-16,19,21,24-25,31,33-35,42-43H,3-5,11-12,17-18,20,22-23,26H2,1-2H3,(H,44,46,49). The van der Waals surface area contributed by atoms with Crippen molar-refractivity contribution in [1.29, 1.82) is 0 Å². The molecule has 52 heavy (non-hydrogen) atoms. The Bertz CT molecular complexity index is 1850. The number of esters is 2. The summed E-state index contributed by atoms with van der Waals surface area (Å²) in [5.74, 6) is -3.71. The summed E-state index contributed by atoms with van der Waals surface area (Å²) in [5.41, 5.74) is 1.58. The van der Waals surface area contributed by atoms with Gasteiger partial charge < -0.3 is 19.4 Å². The number of imide groups is 1. The molecular formula is C41H48N4O7. The molecule has 0 saturated carbocycles. The minimum absolute atomic E-state index is 0.0539. The fraction of sp³-hybridized carbons (Fsp3) is 0.439. The predicted octanol–water partition coefficient (Wildman–Crippen LogP) is 5.06. The third-order valence-corrected chi connectivity index (χ3v) is 10.5. The third kappa shape index (κ3) is 7.60. The van der Waals surface area contributed by atoms with E-state index in [1.54, 1.807) is 25.2 Å². The number of unbranched alkanes of at least 4 members (excludes halogenated alkanes) is 1. The van der Waals surface area contributed by atoms with Gasteiger partial charge in [-0.25, -0.2) is 0 Å². The topological polar surface area (TPSA) is 147 Å². The quantitative estimate of drug-likeness (QED) is 0.113. The summed E-state index contributed by atoms with van der Waals surface area (Å²) in [6, 6.07) is 15.3. The SMILES string of the molecule is CCCCC(C1=CC2(C(=O)OCc3ccccc3)C(=O)NC(=O)C2C=C1)N1CCCCC(NC(CCc2c[nH]c3ccccc23)C(=O)OCC)C1=O. The number of benzene rings is 2. The second-order valence-electron chi connectivity index (χ2n) is 13.8. The summed E-state index contributed by atoms with van der Waals surface area (Å²) in [7, 11) is 0. The minimum atomic E-state index is -1.88. The molecule has 5 atom stereocenters. The fourth-order valence-electron chi connectivity index (χ4n) is 7.70. The lowest BCUT2D eigenvalue weighted by atomic mass is 9.71. The first-order valence-corrected chi connectivity index (χ1v) is 18.5. The molecule has 3 heterocycles. The first-order valence-electron chi connectivity index (χ1n) is 18.5. The van der Waals surface area contributed by atoms with Gasteiger partial charge in [-0.15, -0.1) is 0 Å². The molecule has 2 fully saturated rings. The summed E-state index contributed by atoms with van der Waals surface area (Å²) in [6.45, 7) is 4.47. The number of carbonyl (C=O) groups is 5. The lowest BCUT2D eigenvalue weighted by Crippen LogP contribution is -2.54. The van der Waals surface area contributed by atoms with Gasteiger partial charge in [-0.1, -0.05) is 86.5 Å². The van der Waals surface area contributed by atoms with Crippen LogP contribution in [0.1, 0.15) is 69.9 Å². The van der Waals surface area contributed by atoms with E-state index in [-0.39, 0.29) is 19.1 Å². The van der Waals surface area contributed by atoms with Gasteiger partial charge in [-0.05, 0) is 68.2 Å². The molecule has 2 saturated heterocycles. The van der Waals surface area contributed by atoms with Gasteiger partial charge in [0.05, 0.1) is 24.6 Å². The van der Waals surface area contributed by atoms with Gasteiger partial charge in [0.15, 0.2) is 5.41 Å². The molecule has 3 N–H and O–H groups in total. The monoisotopic (exact) mass is 708 g/mol.